The molecule has 2 aromatic carbocycles. The summed E-state index contributed by atoms with van der Waals surface area (Å²) in [6.45, 7) is 2.03. The summed E-state index contributed by atoms with van der Waals surface area (Å²) in [5, 5.41) is 14.1. The molecule has 0 aliphatic heterocycles. The first-order valence-corrected chi connectivity index (χ1v) is 10.6. The van der Waals surface area contributed by atoms with Crippen molar-refractivity contribution in [1.29, 1.82) is 0 Å². The van der Waals surface area contributed by atoms with Crippen molar-refractivity contribution < 1.29 is 9.59 Å². The normalized spacial score (nSPS) is 10.9. The average Bonchev–Trinajstić information content (AvgIpc) is 3.47. The first-order chi connectivity index (χ1) is 16.5. The zero-order valence-electron chi connectivity index (χ0n) is 18.6. The second kappa shape index (κ2) is 8.62. The summed E-state index contributed by atoms with van der Waals surface area (Å²) in [6.07, 6.45) is 4.88. The lowest BCUT2D eigenvalue weighted by atomic mass is 10.1. The van der Waals surface area contributed by atoms with E-state index in [1.807, 2.05) is 37.3 Å². The predicted octanol–water partition coefficient (Wildman–Crippen LogP) is 3.94. The van der Waals surface area contributed by atoms with E-state index >= 15 is 0 Å². The molecular weight excluding hydrogens is 430 g/mol. The van der Waals surface area contributed by atoms with Crippen LogP contribution >= 0.6 is 0 Å². The van der Waals surface area contributed by atoms with Crippen molar-refractivity contribution in [3.63, 3.8) is 0 Å². The van der Waals surface area contributed by atoms with Crippen LogP contribution in [-0.4, -0.2) is 36.2 Å². The molecule has 2 N–H and O–H groups in total. The Labute approximate surface area is 195 Å². The van der Waals surface area contributed by atoms with Crippen LogP contribution in [-0.2, 0) is 7.05 Å². The molecule has 2 amide bonds. The number of rotatable bonds is 5. The SMILES string of the molecule is Cc1ccc(-c2ccnc3c(C(=O)Nc4ccc(NC(=O)c5ccn(C)n5)cc4)cnn23)cc1. The van der Waals surface area contributed by atoms with E-state index in [2.05, 4.69) is 25.8 Å². The summed E-state index contributed by atoms with van der Waals surface area (Å²) in [5.41, 5.74) is 5.32. The van der Waals surface area contributed by atoms with Gasteiger partial charge in [0.15, 0.2) is 11.3 Å². The van der Waals surface area contributed by atoms with Crippen LogP contribution in [0.1, 0.15) is 26.4 Å². The largest absolute Gasteiger partial charge is 0.322 e. The van der Waals surface area contributed by atoms with Crippen LogP contribution in [0.2, 0.25) is 0 Å². The number of carbonyl (C=O) groups is 2. The van der Waals surface area contributed by atoms with Crippen molar-refractivity contribution in [2.24, 2.45) is 7.05 Å². The van der Waals surface area contributed by atoms with Gasteiger partial charge in [0.25, 0.3) is 11.8 Å². The lowest BCUT2D eigenvalue weighted by molar-refractivity contribution is 0.101. The summed E-state index contributed by atoms with van der Waals surface area (Å²) < 4.78 is 3.22. The summed E-state index contributed by atoms with van der Waals surface area (Å²) in [4.78, 5) is 29.6. The van der Waals surface area contributed by atoms with Gasteiger partial charge in [-0.2, -0.15) is 10.2 Å². The van der Waals surface area contributed by atoms with Crippen molar-refractivity contribution in [2.75, 3.05) is 10.6 Å². The van der Waals surface area contributed by atoms with Crippen LogP contribution in [0.4, 0.5) is 11.4 Å². The van der Waals surface area contributed by atoms with E-state index in [-0.39, 0.29) is 11.8 Å². The Morgan fingerprint density at radius 2 is 1.53 bits per heavy atom. The van der Waals surface area contributed by atoms with Gasteiger partial charge in [-0.15, -0.1) is 0 Å². The third-order valence-electron chi connectivity index (χ3n) is 5.34. The van der Waals surface area contributed by atoms with Gasteiger partial charge in [-0.25, -0.2) is 9.50 Å². The molecule has 3 heterocycles. The van der Waals surface area contributed by atoms with Crippen molar-refractivity contribution in [2.45, 2.75) is 6.92 Å². The Hall–Kier alpha value is -4.79. The van der Waals surface area contributed by atoms with Crippen molar-refractivity contribution in [3.05, 3.63) is 96.1 Å². The smallest absolute Gasteiger partial charge is 0.276 e. The molecular formula is C25H21N7O2. The molecule has 34 heavy (non-hydrogen) atoms. The topological polar surface area (TPSA) is 106 Å². The maximum atomic E-state index is 12.9. The molecule has 9 nitrogen and oxygen atoms in total. The molecule has 0 atom stereocenters. The van der Waals surface area contributed by atoms with Gasteiger partial charge in [0, 0.05) is 36.4 Å². The van der Waals surface area contributed by atoms with Gasteiger partial charge >= 0.3 is 0 Å². The summed E-state index contributed by atoms with van der Waals surface area (Å²) in [6, 6.07) is 18.4. The van der Waals surface area contributed by atoms with Gasteiger partial charge in [0.05, 0.1) is 11.9 Å². The van der Waals surface area contributed by atoms with Crippen molar-refractivity contribution in [1.82, 2.24) is 24.4 Å². The standard InChI is InChI=1S/C25H21N7O2/c1-16-3-5-17(6-4-16)22-11-13-26-23-20(15-27-32(22)23)24(33)28-18-7-9-19(10-8-18)29-25(34)21-12-14-31(2)30-21/h3-15H,1-2H3,(H,28,33)(H,29,34). The fraction of sp³-hybridized carbons (Fsp3) is 0.0800. The molecule has 0 saturated carbocycles. The highest BCUT2D eigenvalue weighted by atomic mass is 16.2. The van der Waals surface area contributed by atoms with Crippen LogP contribution in [0.25, 0.3) is 16.9 Å². The van der Waals surface area contributed by atoms with E-state index in [1.165, 1.54) is 6.20 Å². The van der Waals surface area contributed by atoms with E-state index in [4.69, 9.17) is 0 Å². The third-order valence-corrected chi connectivity index (χ3v) is 5.34. The number of amides is 2. The lowest BCUT2D eigenvalue weighted by Gasteiger charge is -2.07. The van der Waals surface area contributed by atoms with Gasteiger partial charge in [-0.3, -0.25) is 14.3 Å². The maximum Gasteiger partial charge on any atom is 0.276 e. The zero-order chi connectivity index (χ0) is 23.7. The van der Waals surface area contributed by atoms with E-state index in [1.54, 1.807) is 59.0 Å². The Morgan fingerprint density at radius 3 is 2.18 bits per heavy atom. The van der Waals surface area contributed by atoms with Crippen LogP contribution in [0.15, 0.2) is 79.3 Å². The number of nitrogens with zero attached hydrogens (tertiary/aromatic N) is 5. The second-order valence-corrected chi connectivity index (χ2v) is 7.85. The molecule has 9 heteroatoms. The highest BCUT2D eigenvalue weighted by Gasteiger charge is 2.17. The van der Waals surface area contributed by atoms with Gasteiger partial charge < -0.3 is 10.6 Å². The molecule has 0 aliphatic carbocycles. The highest BCUT2D eigenvalue weighted by Crippen LogP contribution is 2.22. The fourth-order valence-corrected chi connectivity index (χ4v) is 3.56. The van der Waals surface area contributed by atoms with Gasteiger partial charge in [-0.05, 0) is 43.3 Å². The van der Waals surface area contributed by atoms with Gasteiger partial charge in [0.2, 0.25) is 0 Å². The summed E-state index contributed by atoms with van der Waals surface area (Å²) in [5.74, 6) is -0.631. The second-order valence-electron chi connectivity index (χ2n) is 7.85. The number of hydrogen-bond acceptors (Lipinski definition) is 5. The van der Waals surface area contributed by atoms with Gasteiger partial charge in [0.1, 0.15) is 5.56 Å². The fourth-order valence-electron chi connectivity index (χ4n) is 3.56. The van der Waals surface area contributed by atoms with Crippen molar-refractivity contribution >= 4 is 28.8 Å². The van der Waals surface area contributed by atoms with E-state index < -0.39 is 0 Å². The number of aryl methyl sites for hydroxylation is 2. The number of carbonyl (C=O) groups excluding carboxylic acids is 2. The maximum absolute atomic E-state index is 12.9. The Bertz CT molecular complexity index is 1500. The quantitative estimate of drug-likeness (QED) is 0.421. The lowest BCUT2D eigenvalue weighted by Crippen LogP contribution is -2.14. The molecule has 3 aromatic heterocycles. The third kappa shape index (κ3) is 4.14. The first kappa shape index (κ1) is 21.1. The number of benzene rings is 2. The molecule has 0 fully saturated rings. The van der Waals surface area contributed by atoms with Crippen molar-refractivity contribution in [3.8, 4) is 11.3 Å². The molecule has 168 valence electrons. The molecule has 0 aliphatic rings. The number of fused-ring (bicyclic) bond motifs is 1. The molecule has 0 saturated heterocycles. The Morgan fingerprint density at radius 1 is 0.853 bits per heavy atom. The summed E-state index contributed by atoms with van der Waals surface area (Å²) >= 11 is 0. The molecule has 0 unspecified atom stereocenters. The highest BCUT2D eigenvalue weighted by molar-refractivity contribution is 6.08. The summed E-state index contributed by atoms with van der Waals surface area (Å²) in [7, 11) is 1.75. The van der Waals surface area contributed by atoms with Crippen LogP contribution in [0.3, 0.4) is 0 Å². The number of aromatic nitrogens is 5. The minimum absolute atomic E-state index is 0.306. The van der Waals surface area contributed by atoms with Crippen LogP contribution < -0.4 is 10.6 Å². The Kier molecular flexibility index (Phi) is 5.35. The van der Waals surface area contributed by atoms with Crippen LogP contribution in [0, 0.1) is 6.92 Å². The molecule has 0 radical (unpaired) electrons. The molecule has 5 rings (SSSR count). The van der Waals surface area contributed by atoms with Gasteiger partial charge in [-0.1, -0.05) is 29.8 Å². The molecule has 0 spiro atoms. The number of anilines is 2. The predicted molar refractivity (Wildman–Crippen MR) is 129 cm³/mol. The molecule has 0 bridgehead atoms. The van der Waals surface area contributed by atoms with E-state index in [0.717, 1.165) is 16.8 Å². The minimum Gasteiger partial charge on any atom is -0.322 e. The number of hydrogen-bond donors (Lipinski definition) is 2. The average molecular weight is 451 g/mol. The monoisotopic (exact) mass is 451 g/mol. The number of nitrogens with one attached hydrogen (secondary N) is 2. The Balaban J connectivity index is 1.32. The van der Waals surface area contributed by atoms with Crippen LogP contribution in [0.5, 0.6) is 0 Å². The first-order valence-electron chi connectivity index (χ1n) is 10.6. The minimum atomic E-state index is -0.325. The molecule has 5 aromatic rings. The van der Waals surface area contributed by atoms with E-state index in [0.29, 0.717) is 28.3 Å². The van der Waals surface area contributed by atoms with E-state index in [9.17, 15) is 9.59 Å². The zero-order valence-corrected chi connectivity index (χ0v) is 18.6.